The summed E-state index contributed by atoms with van der Waals surface area (Å²) in [5.74, 6) is -1.59. The van der Waals surface area contributed by atoms with Gasteiger partial charge in [0.15, 0.2) is 0 Å². The molecular weight excluding hydrogens is 701 g/mol. The Morgan fingerprint density at radius 1 is 0.393 bits per heavy atom. The third kappa shape index (κ3) is 6.99. The van der Waals surface area contributed by atoms with Gasteiger partial charge in [-0.15, -0.1) is 0 Å². The highest BCUT2D eigenvalue weighted by Crippen LogP contribution is 2.33. The number of hydrogen-bond acceptors (Lipinski definition) is 6. The molecule has 0 radical (unpaired) electrons. The first-order chi connectivity index (χ1) is 27.4. The molecule has 6 aromatic carbocycles. The molecule has 274 valence electrons. The maximum atomic E-state index is 13.6. The van der Waals surface area contributed by atoms with E-state index in [4.69, 9.17) is 0 Å². The molecule has 4 N–H and O–H groups in total. The third-order valence-electron chi connectivity index (χ3n) is 9.97. The van der Waals surface area contributed by atoms with Crippen LogP contribution in [0.25, 0.3) is 43.1 Å². The van der Waals surface area contributed by atoms with E-state index in [0.29, 0.717) is 6.54 Å². The summed E-state index contributed by atoms with van der Waals surface area (Å²) in [4.78, 5) is 61.1. The molecule has 0 atom stereocenters. The summed E-state index contributed by atoms with van der Waals surface area (Å²) >= 11 is 0. The largest absolute Gasteiger partial charge is 0.354 e. The quantitative estimate of drug-likeness (QED) is 0.109. The molecule has 56 heavy (non-hydrogen) atoms. The molecule has 8 aromatic rings. The lowest BCUT2D eigenvalue weighted by Gasteiger charge is -2.18. The van der Waals surface area contributed by atoms with Gasteiger partial charge in [-0.25, -0.2) is 9.97 Å². The topological polar surface area (TPSA) is 142 Å². The average molecular weight is 737 g/mol. The normalized spacial score (nSPS) is 11.1. The van der Waals surface area contributed by atoms with Gasteiger partial charge >= 0.3 is 0 Å². The summed E-state index contributed by atoms with van der Waals surface area (Å²) in [5, 5.41) is 19.5. The molecule has 2 heterocycles. The van der Waals surface area contributed by atoms with Crippen molar-refractivity contribution in [3.63, 3.8) is 0 Å². The van der Waals surface area contributed by atoms with Crippen LogP contribution in [0.3, 0.4) is 0 Å². The molecule has 0 aliphatic carbocycles. The van der Waals surface area contributed by atoms with E-state index in [9.17, 15) is 19.2 Å². The number of fused-ring (bicyclic) bond motifs is 4. The molecule has 0 saturated carbocycles. The first-order valence-corrected chi connectivity index (χ1v) is 18.2. The summed E-state index contributed by atoms with van der Waals surface area (Å²) < 4.78 is 0. The molecule has 0 saturated heterocycles. The van der Waals surface area contributed by atoms with Crippen LogP contribution in [-0.4, -0.2) is 40.6 Å². The number of carbonyl (C=O) groups is 4. The minimum absolute atomic E-state index is 0.121. The number of nitrogens with zero attached hydrogens (tertiary/aromatic N) is 2. The molecule has 10 heteroatoms. The van der Waals surface area contributed by atoms with Gasteiger partial charge < -0.3 is 21.3 Å². The second-order valence-corrected chi connectivity index (χ2v) is 13.3. The molecule has 0 fully saturated rings. The highest BCUT2D eigenvalue weighted by Gasteiger charge is 2.19. The summed E-state index contributed by atoms with van der Waals surface area (Å²) in [7, 11) is 1.51. The summed E-state index contributed by atoms with van der Waals surface area (Å²) in [5.41, 5.74) is 3.36. The Hall–Kier alpha value is -7.46. The van der Waals surface area contributed by atoms with Crippen molar-refractivity contribution in [2.24, 2.45) is 0 Å². The molecule has 0 unspecified atom stereocenters. The average Bonchev–Trinajstić information content (AvgIpc) is 3.25. The van der Waals surface area contributed by atoms with Crippen LogP contribution in [0.5, 0.6) is 0 Å². The predicted octanol–water partition coefficient (Wildman–Crippen LogP) is 7.24. The van der Waals surface area contributed by atoms with Crippen LogP contribution < -0.4 is 21.3 Å². The van der Waals surface area contributed by atoms with E-state index >= 15 is 0 Å². The van der Waals surface area contributed by atoms with Crippen molar-refractivity contribution in [2.45, 2.75) is 19.6 Å². The highest BCUT2D eigenvalue weighted by atomic mass is 16.2. The van der Waals surface area contributed by atoms with Gasteiger partial charge in [-0.1, -0.05) is 109 Å². The predicted molar refractivity (Wildman–Crippen MR) is 218 cm³/mol. The Bertz CT molecular complexity index is 2740. The van der Waals surface area contributed by atoms with Gasteiger partial charge in [0, 0.05) is 26.7 Å². The molecule has 0 spiro atoms. The standard InChI is InChI=1S/C46H36N6O4/c1-47-43(53)39-20-10-21-40(51-39)44(54)49-26-37-32-16-6-8-18-34(32)38(35-19-9-7-17-33(35)37)27-50-46(56)42-23-11-22-41(52-42)45(55)48-25-36-30-14-4-2-12-28(30)24-29-13-3-5-15-31(29)36/h2-24H,25-27H2,1H3,(H,47,53)(H,48,55)(H,49,54)(H,50,56). The molecule has 0 bridgehead atoms. The zero-order valence-corrected chi connectivity index (χ0v) is 30.4. The number of amides is 4. The van der Waals surface area contributed by atoms with Crippen molar-refractivity contribution in [1.29, 1.82) is 0 Å². The molecule has 8 rings (SSSR count). The lowest BCUT2D eigenvalue weighted by Crippen LogP contribution is -2.27. The number of nitrogens with one attached hydrogen (secondary N) is 4. The first kappa shape index (κ1) is 35.6. The maximum absolute atomic E-state index is 13.6. The fraction of sp³-hybridized carbons (Fsp3) is 0.0870. The van der Waals surface area contributed by atoms with Gasteiger partial charge in [-0.2, -0.15) is 0 Å². The Kier molecular flexibility index (Phi) is 9.84. The van der Waals surface area contributed by atoms with Crippen LogP contribution in [0, 0.1) is 0 Å². The number of carbonyl (C=O) groups excluding carboxylic acids is 4. The van der Waals surface area contributed by atoms with Gasteiger partial charge in [-0.3, -0.25) is 19.2 Å². The third-order valence-corrected chi connectivity index (χ3v) is 9.97. The van der Waals surface area contributed by atoms with Crippen LogP contribution in [0.4, 0.5) is 0 Å². The fourth-order valence-electron chi connectivity index (χ4n) is 7.27. The number of benzene rings is 6. The van der Waals surface area contributed by atoms with Crippen LogP contribution >= 0.6 is 0 Å². The van der Waals surface area contributed by atoms with Crippen LogP contribution in [0.15, 0.2) is 140 Å². The van der Waals surface area contributed by atoms with Crippen molar-refractivity contribution < 1.29 is 19.2 Å². The smallest absolute Gasteiger partial charge is 0.270 e. The lowest BCUT2D eigenvalue weighted by molar-refractivity contribution is 0.0928. The van der Waals surface area contributed by atoms with Crippen molar-refractivity contribution >= 4 is 66.7 Å². The molecule has 0 aliphatic rings. The molecular formula is C46H36N6O4. The zero-order valence-electron chi connectivity index (χ0n) is 30.4. The Balaban J connectivity index is 1.01. The van der Waals surface area contributed by atoms with E-state index in [1.807, 2.05) is 72.8 Å². The number of pyridine rings is 2. The van der Waals surface area contributed by atoms with Gasteiger partial charge in [0.05, 0.1) is 0 Å². The van der Waals surface area contributed by atoms with E-state index in [-0.39, 0.29) is 47.7 Å². The van der Waals surface area contributed by atoms with Crippen LogP contribution in [0.1, 0.15) is 58.6 Å². The number of hydrogen-bond donors (Lipinski definition) is 4. The fourth-order valence-corrected chi connectivity index (χ4v) is 7.27. The second kappa shape index (κ2) is 15.5. The van der Waals surface area contributed by atoms with Crippen molar-refractivity contribution in [3.8, 4) is 0 Å². The molecule has 2 aromatic heterocycles. The second-order valence-electron chi connectivity index (χ2n) is 13.3. The molecule has 10 nitrogen and oxygen atoms in total. The van der Waals surface area contributed by atoms with E-state index in [1.54, 1.807) is 36.4 Å². The Labute approximate surface area is 322 Å². The number of aromatic nitrogens is 2. The summed E-state index contributed by atoms with van der Waals surface area (Å²) in [6.07, 6.45) is 0. The van der Waals surface area contributed by atoms with Crippen molar-refractivity contribution in [1.82, 2.24) is 31.2 Å². The van der Waals surface area contributed by atoms with E-state index in [0.717, 1.165) is 59.8 Å². The Morgan fingerprint density at radius 3 is 1.05 bits per heavy atom. The Morgan fingerprint density at radius 2 is 0.696 bits per heavy atom. The summed E-state index contributed by atoms with van der Waals surface area (Å²) in [6.45, 7) is 0.684. The minimum Gasteiger partial charge on any atom is -0.354 e. The lowest BCUT2D eigenvalue weighted by atomic mass is 9.91. The first-order valence-electron chi connectivity index (χ1n) is 18.2. The van der Waals surface area contributed by atoms with E-state index in [2.05, 4.69) is 61.6 Å². The minimum atomic E-state index is -0.421. The van der Waals surface area contributed by atoms with Gasteiger partial charge in [0.1, 0.15) is 22.8 Å². The van der Waals surface area contributed by atoms with Gasteiger partial charge in [0.25, 0.3) is 23.6 Å². The monoisotopic (exact) mass is 736 g/mol. The van der Waals surface area contributed by atoms with Gasteiger partial charge in [-0.05, 0) is 90.1 Å². The van der Waals surface area contributed by atoms with E-state index in [1.165, 1.54) is 7.05 Å². The maximum Gasteiger partial charge on any atom is 0.270 e. The SMILES string of the molecule is CNC(=O)c1cccc(C(=O)NCc2c3ccccc3c(CNC(=O)c3cccc(C(=O)NCc4c5ccccc5cc5ccccc45)n3)c3ccccc23)n1. The highest BCUT2D eigenvalue weighted by molar-refractivity contribution is 6.07. The molecule has 0 aliphatic heterocycles. The number of rotatable bonds is 10. The summed E-state index contributed by atoms with van der Waals surface area (Å²) in [6, 6.07) is 43.6. The van der Waals surface area contributed by atoms with Crippen LogP contribution in [-0.2, 0) is 19.6 Å². The van der Waals surface area contributed by atoms with Gasteiger partial charge in [0.2, 0.25) is 0 Å². The van der Waals surface area contributed by atoms with Crippen LogP contribution in [0.2, 0.25) is 0 Å². The van der Waals surface area contributed by atoms with Crippen molar-refractivity contribution in [3.05, 3.63) is 179 Å². The van der Waals surface area contributed by atoms with E-state index < -0.39 is 11.8 Å². The van der Waals surface area contributed by atoms with Crippen molar-refractivity contribution in [2.75, 3.05) is 7.05 Å². The molecule has 4 amide bonds. The zero-order chi connectivity index (χ0) is 38.6.